The molecule has 4 N–H and O–H groups in total. The number of hydrogen-bond acceptors (Lipinski definition) is 9. The van der Waals surface area contributed by atoms with Crippen LogP contribution in [0, 0.1) is 17.1 Å². The van der Waals surface area contributed by atoms with E-state index in [2.05, 4.69) is 10.6 Å². The number of carbonyl (C=O) groups excluding carboxylic acids is 3. The number of nitriles is 1. The summed E-state index contributed by atoms with van der Waals surface area (Å²) >= 11 is 12.2. The summed E-state index contributed by atoms with van der Waals surface area (Å²) in [6, 6.07) is 11.1. The van der Waals surface area contributed by atoms with Crippen LogP contribution in [0.15, 0.2) is 48.5 Å². The Morgan fingerprint density at radius 1 is 1.15 bits per heavy atom. The number of nitrogens with one attached hydrogen (secondary N) is 2. The Morgan fingerprint density at radius 3 is 2.48 bits per heavy atom. The molecular formula is C30H25Cl2F4N5O5. The number of nitrogens with two attached hydrogens (primary N) is 1. The maximum atomic E-state index is 15.7. The second-order valence-corrected chi connectivity index (χ2v) is 11.3. The van der Waals surface area contributed by atoms with Gasteiger partial charge in [0.05, 0.1) is 22.7 Å². The Balaban J connectivity index is 1.74. The molecule has 1 heterocycles. The third kappa shape index (κ3) is 6.67. The number of hydrogen-bond donors (Lipinski definition) is 3. The summed E-state index contributed by atoms with van der Waals surface area (Å²) in [5.41, 5.74) is 3.03. The fourth-order valence-electron chi connectivity index (χ4n) is 4.71. The van der Waals surface area contributed by atoms with Gasteiger partial charge < -0.3 is 25.8 Å². The first-order valence-electron chi connectivity index (χ1n) is 13.3. The van der Waals surface area contributed by atoms with Crippen molar-refractivity contribution in [3.63, 3.8) is 0 Å². The second kappa shape index (κ2) is 13.0. The third-order valence-corrected chi connectivity index (χ3v) is 7.75. The Labute approximate surface area is 269 Å². The second-order valence-electron chi connectivity index (χ2n) is 10.5. The van der Waals surface area contributed by atoms with Gasteiger partial charge in [0.1, 0.15) is 5.75 Å². The monoisotopic (exact) mass is 681 g/mol. The molecule has 0 spiro atoms. The summed E-state index contributed by atoms with van der Waals surface area (Å²) in [5.74, 6) is -6.38. The molecule has 3 aromatic carbocycles. The number of Topliss-reactive ketones (excluding diaryl/α,β-unsaturated/α-hetero) is 1. The predicted octanol–water partition coefficient (Wildman–Crippen LogP) is 5.53. The molecule has 0 saturated heterocycles. The molecule has 1 aliphatic heterocycles. The van der Waals surface area contributed by atoms with Crippen molar-refractivity contribution in [2.75, 3.05) is 25.1 Å². The fraction of sp³-hybridized carbons (Fsp3) is 0.267. The van der Waals surface area contributed by atoms with Crippen LogP contribution in [0.1, 0.15) is 29.7 Å². The van der Waals surface area contributed by atoms with Crippen LogP contribution < -0.4 is 21.1 Å². The van der Waals surface area contributed by atoms with E-state index in [9.17, 15) is 32.8 Å². The fourth-order valence-corrected chi connectivity index (χ4v) is 5.12. The molecule has 0 fully saturated rings. The highest BCUT2D eigenvalue weighted by molar-refractivity contribution is 6.32. The van der Waals surface area contributed by atoms with E-state index in [1.54, 1.807) is 0 Å². The molecule has 2 unspecified atom stereocenters. The van der Waals surface area contributed by atoms with Crippen LogP contribution in [0.5, 0.6) is 11.5 Å². The van der Waals surface area contributed by atoms with Crippen molar-refractivity contribution in [2.45, 2.75) is 37.3 Å². The van der Waals surface area contributed by atoms with Gasteiger partial charge in [-0.1, -0.05) is 29.3 Å². The third-order valence-electron chi connectivity index (χ3n) is 7.23. The lowest BCUT2D eigenvalue weighted by Crippen LogP contribution is -2.64. The minimum Gasteiger partial charge on any atom is -0.453 e. The molecule has 0 saturated carbocycles. The molecule has 10 nitrogen and oxygen atoms in total. The summed E-state index contributed by atoms with van der Waals surface area (Å²) < 4.78 is 66.3. The summed E-state index contributed by atoms with van der Waals surface area (Å²) in [6.07, 6.45) is -7.59. The summed E-state index contributed by atoms with van der Waals surface area (Å²) in [6.45, 7) is 0.776. The van der Waals surface area contributed by atoms with Gasteiger partial charge in [-0.15, -0.1) is 0 Å². The molecule has 4 rings (SSSR count). The molecule has 16 heteroatoms. The normalized spacial score (nSPS) is 17.8. The lowest BCUT2D eigenvalue weighted by atomic mass is 9.82. The van der Waals surface area contributed by atoms with Crippen molar-refractivity contribution in [1.29, 1.82) is 5.26 Å². The van der Waals surface area contributed by atoms with E-state index < -0.39 is 59.6 Å². The average Bonchev–Trinajstić information content (AvgIpc) is 3.31. The molecule has 0 aromatic heterocycles. The number of fused-ring (bicyclic) bond motifs is 1. The molecule has 0 bridgehead atoms. The predicted molar refractivity (Wildman–Crippen MR) is 160 cm³/mol. The Hall–Kier alpha value is -4.58. The highest BCUT2D eigenvalue weighted by Crippen LogP contribution is 2.47. The summed E-state index contributed by atoms with van der Waals surface area (Å²) in [5, 5.41) is 14.2. The van der Waals surface area contributed by atoms with Crippen molar-refractivity contribution in [1.82, 2.24) is 10.2 Å². The number of nitrogens with zero attached hydrogens (tertiary/aromatic N) is 2. The SMILES string of the molecule is C[C@@H](C(=O)C1(C(=O)NCc2ccc(Cl)c(Oc3cc(Cl)cc(C#N)c3)c2F)Nc2ccc(N)cc2C1OC(=O)C(F)(F)F)N(C)C. The van der Waals surface area contributed by atoms with Crippen molar-refractivity contribution in [3.8, 4) is 17.6 Å². The zero-order valence-electron chi connectivity index (χ0n) is 24.3. The molecule has 242 valence electrons. The molecule has 3 atom stereocenters. The number of ketones is 1. The van der Waals surface area contributed by atoms with Gasteiger partial charge in [-0.2, -0.15) is 18.4 Å². The summed E-state index contributed by atoms with van der Waals surface area (Å²) in [7, 11) is 2.99. The van der Waals surface area contributed by atoms with E-state index in [1.165, 1.54) is 74.4 Å². The van der Waals surface area contributed by atoms with Crippen LogP contribution in [0.4, 0.5) is 28.9 Å². The minimum atomic E-state index is -5.47. The van der Waals surface area contributed by atoms with Gasteiger partial charge in [0.2, 0.25) is 5.54 Å². The number of rotatable bonds is 9. The topological polar surface area (TPSA) is 147 Å². The van der Waals surface area contributed by atoms with Gasteiger partial charge in [0, 0.05) is 34.1 Å². The van der Waals surface area contributed by atoms with Gasteiger partial charge in [-0.05, 0) is 63.5 Å². The smallest absolute Gasteiger partial charge is 0.453 e. The van der Waals surface area contributed by atoms with E-state index in [-0.39, 0.29) is 43.9 Å². The number of ether oxygens (including phenoxy) is 2. The summed E-state index contributed by atoms with van der Waals surface area (Å²) in [4.78, 5) is 41.5. The largest absolute Gasteiger partial charge is 0.490 e. The lowest BCUT2D eigenvalue weighted by molar-refractivity contribution is -0.207. The number of benzene rings is 3. The van der Waals surface area contributed by atoms with Crippen molar-refractivity contribution >= 4 is 52.2 Å². The van der Waals surface area contributed by atoms with Crippen LogP contribution in [-0.2, 0) is 25.7 Å². The zero-order valence-corrected chi connectivity index (χ0v) is 25.8. The van der Waals surface area contributed by atoms with Crippen molar-refractivity contribution in [2.24, 2.45) is 0 Å². The molecule has 1 amide bonds. The lowest BCUT2D eigenvalue weighted by Gasteiger charge is -2.36. The van der Waals surface area contributed by atoms with Crippen LogP contribution in [-0.4, -0.2) is 54.4 Å². The van der Waals surface area contributed by atoms with Gasteiger partial charge in [-0.25, -0.2) is 9.18 Å². The maximum Gasteiger partial charge on any atom is 0.490 e. The Morgan fingerprint density at radius 2 is 1.85 bits per heavy atom. The maximum absolute atomic E-state index is 15.7. The molecule has 1 aliphatic rings. The number of anilines is 2. The quantitative estimate of drug-likeness (QED) is 0.115. The molecule has 3 aromatic rings. The molecule has 0 radical (unpaired) electrons. The van der Waals surface area contributed by atoms with Gasteiger partial charge in [-0.3, -0.25) is 14.5 Å². The van der Waals surface area contributed by atoms with Crippen molar-refractivity contribution < 1.29 is 41.4 Å². The van der Waals surface area contributed by atoms with Gasteiger partial charge in [0.25, 0.3) is 5.91 Å². The van der Waals surface area contributed by atoms with E-state index in [4.69, 9.17) is 38.4 Å². The number of amides is 1. The van der Waals surface area contributed by atoms with Gasteiger partial charge >= 0.3 is 12.1 Å². The van der Waals surface area contributed by atoms with Crippen LogP contribution in [0.25, 0.3) is 0 Å². The van der Waals surface area contributed by atoms with Crippen LogP contribution in [0.2, 0.25) is 10.0 Å². The number of esters is 1. The van der Waals surface area contributed by atoms with Gasteiger partial charge in [0.15, 0.2) is 23.5 Å². The first-order chi connectivity index (χ1) is 21.5. The zero-order chi connectivity index (χ0) is 34.1. The van der Waals surface area contributed by atoms with Crippen LogP contribution >= 0.6 is 23.2 Å². The first-order valence-corrected chi connectivity index (χ1v) is 14.0. The van der Waals surface area contributed by atoms with E-state index >= 15 is 4.39 Å². The minimum absolute atomic E-state index is 0.00949. The Bertz CT molecular complexity index is 1760. The number of likely N-dealkylation sites (N-methyl/N-ethyl adjacent to an activating group) is 1. The number of halogens is 6. The average molecular weight is 682 g/mol. The Kier molecular flexibility index (Phi) is 9.72. The van der Waals surface area contributed by atoms with Crippen LogP contribution in [0.3, 0.4) is 0 Å². The highest BCUT2D eigenvalue weighted by Gasteiger charge is 2.62. The van der Waals surface area contributed by atoms with E-state index in [1.807, 2.05) is 6.07 Å². The first kappa shape index (κ1) is 34.3. The van der Waals surface area contributed by atoms with E-state index in [0.29, 0.717) is 0 Å². The molecular weight excluding hydrogens is 657 g/mol. The molecule has 46 heavy (non-hydrogen) atoms. The van der Waals surface area contributed by atoms with E-state index in [0.717, 1.165) is 0 Å². The number of alkyl halides is 3. The highest BCUT2D eigenvalue weighted by atomic mass is 35.5. The van der Waals surface area contributed by atoms with Crippen molar-refractivity contribution in [3.05, 3.63) is 81.1 Å². The molecule has 0 aliphatic carbocycles. The standard InChI is InChI=1S/C30H25Cl2F4N5O5/c1-14(41(2)3)25(42)29(26(46-28(44)30(34,35)36)20-11-18(38)5-7-22(20)40-29)27(43)39-13-16-4-6-21(32)24(23(16)33)45-19-9-15(12-37)8-17(31)10-19/h4-11,14,26,40H,13,38H2,1-3H3,(H,39,43)/t14-,26?,29?/m0/s1. The number of nitrogen functional groups attached to an aromatic ring is 1. The number of carbonyl (C=O) groups is 3.